The van der Waals surface area contributed by atoms with Gasteiger partial charge in [0.2, 0.25) is 10.0 Å². The molecule has 1 heterocycles. The van der Waals surface area contributed by atoms with Crippen LogP contribution in [0.15, 0.2) is 24.3 Å². The first-order chi connectivity index (χ1) is 10.1. The normalized spacial score (nSPS) is 17.0. The van der Waals surface area contributed by atoms with Crippen LogP contribution in [-0.2, 0) is 15.8 Å². The molecule has 0 amide bonds. The summed E-state index contributed by atoms with van der Waals surface area (Å²) in [5.74, 6) is 0.0579. The molecule has 5 nitrogen and oxygen atoms in total. The number of nitrogens with zero attached hydrogens (tertiary/aromatic N) is 1. The van der Waals surface area contributed by atoms with E-state index in [-0.39, 0.29) is 5.75 Å². The summed E-state index contributed by atoms with van der Waals surface area (Å²) in [6.07, 6.45) is 0.854. The Morgan fingerprint density at radius 3 is 2.76 bits per heavy atom. The first kappa shape index (κ1) is 16.4. The molecule has 1 saturated heterocycles. The number of aryl methyl sites for hydroxylation is 1. The molecule has 0 saturated carbocycles. The van der Waals surface area contributed by atoms with Gasteiger partial charge in [-0.3, -0.25) is 0 Å². The largest absolute Gasteiger partial charge is 0.314 e. The SMILES string of the molecule is Cc1cccc(CS(=O)(=O)NCCCN2CCNCC2)c1. The van der Waals surface area contributed by atoms with Crippen molar-refractivity contribution in [3.8, 4) is 0 Å². The van der Waals surface area contributed by atoms with Gasteiger partial charge in [-0.05, 0) is 25.5 Å². The molecule has 1 aromatic rings. The molecular weight excluding hydrogens is 286 g/mol. The summed E-state index contributed by atoms with van der Waals surface area (Å²) in [5, 5.41) is 3.31. The van der Waals surface area contributed by atoms with Crippen LogP contribution in [0.4, 0.5) is 0 Å². The van der Waals surface area contributed by atoms with Crippen LogP contribution in [0, 0.1) is 6.92 Å². The molecule has 0 bridgehead atoms. The average molecular weight is 311 g/mol. The van der Waals surface area contributed by atoms with E-state index in [1.165, 1.54) is 0 Å². The summed E-state index contributed by atoms with van der Waals surface area (Å²) in [7, 11) is -3.24. The van der Waals surface area contributed by atoms with Gasteiger partial charge >= 0.3 is 0 Å². The van der Waals surface area contributed by atoms with Crippen LogP contribution in [0.1, 0.15) is 17.5 Å². The second kappa shape index (κ2) is 7.89. The minimum absolute atomic E-state index is 0.0579. The minimum atomic E-state index is -3.24. The highest BCUT2D eigenvalue weighted by Crippen LogP contribution is 2.07. The number of hydrogen-bond donors (Lipinski definition) is 2. The third-order valence-corrected chi connectivity index (χ3v) is 4.98. The zero-order valence-corrected chi connectivity index (χ0v) is 13.5. The molecule has 118 valence electrons. The lowest BCUT2D eigenvalue weighted by Crippen LogP contribution is -2.44. The van der Waals surface area contributed by atoms with Crippen molar-refractivity contribution in [3.05, 3.63) is 35.4 Å². The topological polar surface area (TPSA) is 61.4 Å². The van der Waals surface area contributed by atoms with E-state index in [2.05, 4.69) is 14.9 Å². The summed E-state index contributed by atoms with van der Waals surface area (Å²) in [6, 6.07) is 7.63. The Hall–Kier alpha value is -0.950. The molecule has 0 atom stereocenters. The van der Waals surface area contributed by atoms with Crippen LogP contribution >= 0.6 is 0 Å². The number of piperazine rings is 1. The van der Waals surface area contributed by atoms with E-state index in [1.807, 2.05) is 31.2 Å². The molecule has 1 aliphatic rings. The summed E-state index contributed by atoms with van der Waals surface area (Å²) < 4.78 is 26.8. The number of hydrogen-bond acceptors (Lipinski definition) is 4. The first-order valence-corrected chi connectivity index (χ1v) is 9.16. The summed E-state index contributed by atoms with van der Waals surface area (Å²) in [5.41, 5.74) is 1.92. The van der Waals surface area contributed by atoms with Gasteiger partial charge in [-0.25, -0.2) is 13.1 Å². The third-order valence-electron chi connectivity index (χ3n) is 3.62. The second-order valence-corrected chi connectivity index (χ2v) is 7.39. The maximum Gasteiger partial charge on any atom is 0.215 e. The van der Waals surface area contributed by atoms with E-state index in [9.17, 15) is 8.42 Å². The maximum absolute atomic E-state index is 12.0. The van der Waals surface area contributed by atoms with Gasteiger partial charge in [0.05, 0.1) is 5.75 Å². The Kier molecular flexibility index (Phi) is 6.17. The van der Waals surface area contributed by atoms with Crippen molar-refractivity contribution in [3.63, 3.8) is 0 Å². The van der Waals surface area contributed by atoms with Crippen molar-refractivity contribution >= 4 is 10.0 Å². The molecular formula is C15H25N3O2S. The molecule has 2 N–H and O–H groups in total. The van der Waals surface area contributed by atoms with E-state index < -0.39 is 10.0 Å². The molecule has 21 heavy (non-hydrogen) atoms. The summed E-state index contributed by atoms with van der Waals surface area (Å²) in [6.45, 7) is 7.59. The first-order valence-electron chi connectivity index (χ1n) is 7.51. The molecule has 0 aliphatic carbocycles. The standard InChI is InChI=1S/C15H25N3O2S/c1-14-4-2-5-15(12-14)13-21(19,20)17-6-3-9-18-10-7-16-8-11-18/h2,4-5,12,16-17H,3,6-11,13H2,1H3. The highest BCUT2D eigenvalue weighted by Gasteiger charge is 2.12. The summed E-state index contributed by atoms with van der Waals surface area (Å²) in [4.78, 5) is 2.37. The molecule has 0 radical (unpaired) electrons. The lowest BCUT2D eigenvalue weighted by molar-refractivity contribution is 0.239. The molecule has 2 rings (SSSR count). The van der Waals surface area contributed by atoms with Gasteiger partial charge in [-0.1, -0.05) is 29.8 Å². The maximum atomic E-state index is 12.0. The number of rotatable bonds is 7. The van der Waals surface area contributed by atoms with E-state index in [4.69, 9.17) is 0 Å². The zero-order chi connectivity index (χ0) is 15.1. The van der Waals surface area contributed by atoms with Crippen LogP contribution in [0.3, 0.4) is 0 Å². The van der Waals surface area contributed by atoms with Crippen LogP contribution in [0.25, 0.3) is 0 Å². The van der Waals surface area contributed by atoms with Gasteiger partial charge in [0.15, 0.2) is 0 Å². The fourth-order valence-electron chi connectivity index (χ4n) is 2.54. The van der Waals surface area contributed by atoms with Crippen LogP contribution in [0.5, 0.6) is 0 Å². The Morgan fingerprint density at radius 1 is 1.29 bits per heavy atom. The summed E-state index contributed by atoms with van der Waals surface area (Å²) >= 11 is 0. The van der Waals surface area contributed by atoms with E-state index in [0.29, 0.717) is 6.54 Å². The second-order valence-electron chi connectivity index (χ2n) is 5.59. The van der Waals surface area contributed by atoms with Gasteiger partial charge in [0, 0.05) is 32.7 Å². The Labute approximate surface area is 127 Å². The average Bonchev–Trinajstić information content (AvgIpc) is 2.44. The molecule has 0 spiro atoms. The fraction of sp³-hybridized carbons (Fsp3) is 0.600. The molecule has 0 unspecified atom stereocenters. The molecule has 1 fully saturated rings. The highest BCUT2D eigenvalue weighted by molar-refractivity contribution is 7.88. The Bertz CT molecular complexity index is 540. The minimum Gasteiger partial charge on any atom is -0.314 e. The predicted octanol–water partition coefficient (Wildman–Crippen LogP) is 0.710. The zero-order valence-electron chi connectivity index (χ0n) is 12.6. The van der Waals surface area contributed by atoms with Crippen molar-refractivity contribution in [1.82, 2.24) is 14.9 Å². The van der Waals surface area contributed by atoms with Crippen molar-refractivity contribution in [2.45, 2.75) is 19.1 Å². The lowest BCUT2D eigenvalue weighted by Gasteiger charge is -2.27. The van der Waals surface area contributed by atoms with Crippen molar-refractivity contribution in [2.75, 3.05) is 39.3 Å². The predicted molar refractivity (Wildman–Crippen MR) is 85.7 cm³/mol. The Balaban J connectivity index is 1.71. The van der Waals surface area contributed by atoms with Gasteiger partial charge in [0.1, 0.15) is 0 Å². The van der Waals surface area contributed by atoms with Crippen LogP contribution < -0.4 is 10.0 Å². The van der Waals surface area contributed by atoms with Crippen molar-refractivity contribution in [1.29, 1.82) is 0 Å². The van der Waals surface area contributed by atoms with Crippen LogP contribution in [0.2, 0.25) is 0 Å². The fourth-order valence-corrected chi connectivity index (χ4v) is 3.71. The van der Waals surface area contributed by atoms with Crippen molar-refractivity contribution < 1.29 is 8.42 Å². The van der Waals surface area contributed by atoms with E-state index in [1.54, 1.807) is 0 Å². The Morgan fingerprint density at radius 2 is 2.05 bits per heavy atom. The smallest absolute Gasteiger partial charge is 0.215 e. The lowest BCUT2D eigenvalue weighted by atomic mass is 10.2. The van der Waals surface area contributed by atoms with Gasteiger partial charge < -0.3 is 10.2 Å². The van der Waals surface area contributed by atoms with E-state index in [0.717, 1.165) is 50.3 Å². The van der Waals surface area contributed by atoms with E-state index >= 15 is 0 Å². The molecule has 1 aliphatic heterocycles. The van der Waals surface area contributed by atoms with Gasteiger partial charge in [-0.15, -0.1) is 0 Å². The van der Waals surface area contributed by atoms with Crippen LogP contribution in [-0.4, -0.2) is 52.6 Å². The third kappa shape index (κ3) is 6.13. The number of nitrogens with one attached hydrogen (secondary N) is 2. The quantitative estimate of drug-likeness (QED) is 0.728. The van der Waals surface area contributed by atoms with Gasteiger partial charge in [0.25, 0.3) is 0 Å². The monoisotopic (exact) mass is 311 g/mol. The number of benzene rings is 1. The highest BCUT2D eigenvalue weighted by atomic mass is 32.2. The molecule has 6 heteroatoms. The van der Waals surface area contributed by atoms with Gasteiger partial charge in [-0.2, -0.15) is 0 Å². The molecule has 1 aromatic carbocycles. The van der Waals surface area contributed by atoms with Crippen molar-refractivity contribution in [2.24, 2.45) is 0 Å². The number of sulfonamides is 1. The molecule has 0 aromatic heterocycles.